The fourth-order valence-electron chi connectivity index (χ4n) is 2.87. The summed E-state index contributed by atoms with van der Waals surface area (Å²) in [6.45, 7) is 0. The van der Waals surface area contributed by atoms with E-state index in [0.717, 1.165) is 0 Å². The van der Waals surface area contributed by atoms with Crippen molar-refractivity contribution >= 4 is 22.3 Å². The first kappa shape index (κ1) is 12.5. The Hall–Kier alpha value is -2.19. The van der Waals surface area contributed by atoms with Crippen molar-refractivity contribution in [3.8, 4) is 0 Å². The molecule has 3 aromatic rings. The van der Waals surface area contributed by atoms with Gasteiger partial charge in [-0.2, -0.15) is 0 Å². The number of para-hydroxylation sites is 2. The molecule has 3 aromatic carbocycles. The van der Waals surface area contributed by atoms with Crippen molar-refractivity contribution in [2.24, 2.45) is 0 Å². The molecule has 0 spiro atoms. The van der Waals surface area contributed by atoms with Crippen LogP contribution in [0.25, 0.3) is 0 Å². The molecular weight excluding hydrogens is 274 g/mol. The second kappa shape index (κ2) is 4.97. The normalized spacial score (nSPS) is 13.7. The summed E-state index contributed by atoms with van der Waals surface area (Å²) >= 11 is 0. The standard InChI is InChI=1S/C19H16NS/c1-20-16-11-5-7-13-18(16)21(15-9-3-2-4-10-15)19-14-8-6-12-17(19)20/h2-14H,1H3/q+1. The molecule has 1 aliphatic heterocycles. The maximum Gasteiger partial charge on any atom is 0.190 e. The third-order valence-corrected chi connectivity index (χ3v) is 6.19. The summed E-state index contributed by atoms with van der Waals surface area (Å²) < 4.78 is 0. The summed E-state index contributed by atoms with van der Waals surface area (Å²) in [7, 11) is 2.14. The number of fused-ring (bicyclic) bond motifs is 2. The van der Waals surface area contributed by atoms with Crippen LogP contribution < -0.4 is 4.90 Å². The zero-order valence-corrected chi connectivity index (χ0v) is 12.7. The molecule has 0 aliphatic carbocycles. The number of benzene rings is 3. The van der Waals surface area contributed by atoms with Gasteiger partial charge in [0.05, 0.1) is 11.4 Å². The molecule has 0 bridgehead atoms. The van der Waals surface area contributed by atoms with E-state index in [4.69, 9.17) is 0 Å². The molecule has 0 saturated heterocycles. The van der Waals surface area contributed by atoms with Crippen molar-refractivity contribution in [2.75, 3.05) is 11.9 Å². The van der Waals surface area contributed by atoms with Gasteiger partial charge >= 0.3 is 0 Å². The number of hydrogen-bond donors (Lipinski definition) is 0. The molecular formula is C19H16NS+. The molecule has 0 amide bonds. The van der Waals surface area contributed by atoms with Crippen LogP contribution in [0.4, 0.5) is 11.4 Å². The highest BCUT2D eigenvalue weighted by Crippen LogP contribution is 2.46. The summed E-state index contributed by atoms with van der Waals surface area (Å²) in [5.41, 5.74) is 2.62. The first-order valence-electron chi connectivity index (χ1n) is 7.07. The van der Waals surface area contributed by atoms with Crippen LogP contribution in [0.2, 0.25) is 0 Å². The van der Waals surface area contributed by atoms with Crippen LogP contribution >= 0.6 is 0 Å². The fourth-order valence-corrected chi connectivity index (χ4v) is 5.30. The van der Waals surface area contributed by atoms with Crippen molar-refractivity contribution in [1.82, 2.24) is 0 Å². The molecule has 0 atom stereocenters. The minimum atomic E-state index is -0.0203. The highest BCUT2D eigenvalue weighted by atomic mass is 32.2. The number of nitrogens with zero attached hydrogens (tertiary/aromatic N) is 1. The van der Waals surface area contributed by atoms with E-state index in [1.807, 2.05) is 0 Å². The number of anilines is 2. The van der Waals surface area contributed by atoms with Crippen LogP contribution in [0.5, 0.6) is 0 Å². The first-order chi connectivity index (χ1) is 10.4. The predicted octanol–water partition coefficient (Wildman–Crippen LogP) is 4.86. The molecule has 4 rings (SSSR count). The Morgan fingerprint density at radius 2 is 1.10 bits per heavy atom. The molecule has 0 N–H and O–H groups in total. The monoisotopic (exact) mass is 290 g/mol. The van der Waals surface area contributed by atoms with E-state index in [2.05, 4.69) is 90.8 Å². The highest BCUT2D eigenvalue weighted by Gasteiger charge is 2.39. The van der Waals surface area contributed by atoms with Crippen molar-refractivity contribution in [3.05, 3.63) is 78.9 Å². The zero-order chi connectivity index (χ0) is 14.2. The summed E-state index contributed by atoms with van der Waals surface area (Å²) in [5.74, 6) is 0. The first-order valence-corrected chi connectivity index (χ1v) is 8.30. The average Bonchev–Trinajstić information content (AvgIpc) is 2.56. The van der Waals surface area contributed by atoms with Crippen LogP contribution in [-0.2, 0) is 10.9 Å². The predicted molar refractivity (Wildman–Crippen MR) is 89.6 cm³/mol. The zero-order valence-electron chi connectivity index (χ0n) is 11.9. The van der Waals surface area contributed by atoms with Gasteiger partial charge in [0.2, 0.25) is 0 Å². The molecule has 1 heterocycles. The van der Waals surface area contributed by atoms with Gasteiger partial charge in [-0.05, 0) is 36.4 Å². The van der Waals surface area contributed by atoms with Gasteiger partial charge in [-0.3, -0.25) is 0 Å². The van der Waals surface area contributed by atoms with Crippen LogP contribution in [0.3, 0.4) is 0 Å². The Labute approximate surface area is 128 Å². The van der Waals surface area contributed by atoms with Gasteiger partial charge in [0, 0.05) is 7.05 Å². The SMILES string of the molecule is CN1c2ccccc2[S+](c2ccccc2)c2ccccc21. The molecule has 1 aliphatic rings. The minimum Gasteiger partial charge on any atom is -0.336 e. The Bertz CT molecular complexity index is 735. The second-order valence-electron chi connectivity index (χ2n) is 5.11. The molecule has 21 heavy (non-hydrogen) atoms. The van der Waals surface area contributed by atoms with E-state index in [1.54, 1.807) is 0 Å². The summed E-state index contributed by atoms with van der Waals surface area (Å²) in [6.07, 6.45) is 0. The topological polar surface area (TPSA) is 3.24 Å². The Kier molecular flexibility index (Phi) is 2.97. The lowest BCUT2D eigenvalue weighted by Crippen LogP contribution is -2.22. The van der Waals surface area contributed by atoms with Crippen LogP contribution in [0.1, 0.15) is 0 Å². The molecule has 102 valence electrons. The van der Waals surface area contributed by atoms with Crippen LogP contribution in [-0.4, -0.2) is 7.05 Å². The van der Waals surface area contributed by atoms with Crippen molar-refractivity contribution in [2.45, 2.75) is 14.7 Å². The molecule has 0 saturated carbocycles. The average molecular weight is 290 g/mol. The Balaban J connectivity index is 2.01. The molecule has 0 aromatic heterocycles. The molecule has 2 heteroatoms. The third kappa shape index (κ3) is 1.95. The molecule has 0 radical (unpaired) electrons. The summed E-state index contributed by atoms with van der Waals surface area (Å²) in [5, 5.41) is 0. The third-order valence-electron chi connectivity index (χ3n) is 3.87. The quantitative estimate of drug-likeness (QED) is 0.578. The van der Waals surface area contributed by atoms with Gasteiger partial charge in [0.1, 0.15) is 10.9 Å². The van der Waals surface area contributed by atoms with Gasteiger partial charge in [-0.1, -0.05) is 42.5 Å². The number of rotatable bonds is 1. The van der Waals surface area contributed by atoms with Gasteiger partial charge < -0.3 is 4.90 Å². The Morgan fingerprint density at radius 3 is 1.67 bits per heavy atom. The summed E-state index contributed by atoms with van der Waals surface area (Å²) in [4.78, 5) is 6.50. The smallest absolute Gasteiger partial charge is 0.190 e. The van der Waals surface area contributed by atoms with E-state index >= 15 is 0 Å². The van der Waals surface area contributed by atoms with Gasteiger partial charge in [0.15, 0.2) is 14.7 Å². The van der Waals surface area contributed by atoms with E-state index in [0.29, 0.717) is 0 Å². The van der Waals surface area contributed by atoms with Crippen molar-refractivity contribution < 1.29 is 0 Å². The van der Waals surface area contributed by atoms with Crippen molar-refractivity contribution in [1.29, 1.82) is 0 Å². The highest BCUT2D eigenvalue weighted by molar-refractivity contribution is 7.97. The number of hydrogen-bond acceptors (Lipinski definition) is 1. The lowest BCUT2D eigenvalue weighted by atomic mass is 10.2. The molecule has 1 nitrogen and oxygen atoms in total. The van der Waals surface area contributed by atoms with E-state index in [-0.39, 0.29) is 10.9 Å². The van der Waals surface area contributed by atoms with E-state index in [9.17, 15) is 0 Å². The van der Waals surface area contributed by atoms with E-state index in [1.165, 1.54) is 26.1 Å². The van der Waals surface area contributed by atoms with Crippen LogP contribution in [0.15, 0.2) is 93.5 Å². The van der Waals surface area contributed by atoms with Gasteiger partial charge in [-0.15, -0.1) is 0 Å². The second-order valence-corrected chi connectivity index (χ2v) is 7.08. The molecule has 0 fully saturated rings. The molecule has 0 unspecified atom stereocenters. The van der Waals surface area contributed by atoms with Crippen LogP contribution in [0, 0.1) is 0 Å². The largest absolute Gasteiger partial charge is 0.336 e. The maximum absolute atomic E-state index is 2.30. The summed E-state index contributed by atoms with van der Waals surface area (Å²) in [6, 6.07) is 28.3. The minimum absolute atomic E-state index is 0.0203. The lowest BCUT2D eigenvalue weighted by Gasteiger charge is -2.28. The lowest BCUT2D eigenvalue weighted by molar-refractivity contribution is 1.10. The Morgan fingerprint density at radius 1 is 0.619 bits per heavy atom. The fraction of sp³-hybridized carbons (Fsp3) is 0.0526. The van der Waals surface area contributed by atoms with Gasteiger partial charge in [0.25, 0.3) is 0 Å². The van der Waals surface area contributed by atoms with Gasteiger partial charge in [-0.25, -0.2) is 0 Å². The van der Waals surface area contributed by atoms with Crippen molar-refractivity contribution in [3.63, 3.8) is 0 Å². The maximum atomic E-state index is 2.30. The van der Waals surface area contributed by atoms with E-state index < -0.39 is 0 Å².